The van der Waals surface area contributed by atoms with Gasteiger partial charge < -0.3 is 25.0 Å². The van der Waals surface area contributed by atoms with Crippen LogP contribution in [-0.4, -0.2) is 71.8 Å². The maximum absolute atomic E-state index is 11.9. The number of ether oxygens (including phenoxy) is 1. The zero-order valence-corrected chi connectivity index (χ0v) is 11.8. The topological polar surface area (TPSA) is 99.2 Å². The predicted octanol–water partition coefficient (Wildman–Crippen LogP) is 0.333. The van der Waals surface area contributed by atoms with Crippen molar-refractivity contribution < 1.29 is 24.2 Å². The third-order valence-electron chi connectivity index (χ3n) is 2.94. The molecule has 1 unspecified atom stereocenters. The summed E-state index contributed by atoms with van der Waals surface area (Å²) in [4.78, 5) is 37.0. The van der Waals surface area contributed by atoms with Gasteiger partial charge in [-0.1, -0.05) is 0 Å². The molecule has 0 aliphatic carbocycles. The van der Waals surface area contributed by atoms with Crippen LogP contribution in [-0.2, 0) is 9.53 Å². The number of rotatable bonds is 4. The molecule has 0 saturated carbocycles. The van der Waals surface area contributed by atoms with E-state index in [4.69, 9.17) is 9.84 Å². The largest absolute Gasteiger partial charge is 0.481 e. The van der Waals surface area contributed by atoms with E-state index < -0.39 is 12.0 Å². The average Bonchev–Trinajstić information content (AvgIpc) is 2.38. The third kappa shape index (κ3) is 4.94. The number of carbonyl (C=O) groups excluding carboxylic acids is 2. The molecule has 1 atom stereocenters. The average molecular weight is 287 g/mol. The van der Waals surface area contributed by atoms with Crippen LogP contribution >= 0.6 is 0 Å². The van der Waals surface area contributed by atoms with Crippen molar-refractivity contribution in [1.82, 2.24) is 15.1 Å². The number of piperazine rings is 1. The van der Waals surface area contributed by atoms with Gasteiger partial charge >= 0.3 is 18.1 Å². The minimum Gasteiger partial charge on any atom is -0.481 e. The molecule has 1 aliphatic heterocycles. The first kappa shape index (κ1) is 16.1. The Morgan fingerprint density at radius 2 is 1.75 bits per heavy atom. The van der Waals surface area contributed by atoms with E-state index in [0.29, 0.717) is 32.8 Å². The van der Waals surface area contributed by atoms with Crippen LogP contribution in [0.2, 0.25) is 0 Å². The van der Waals surface area contributed by atoms with Gasteiger partial charge in [0.2, 0.25) is 0 Å². The van der Waals surface area contributed by atoms with Crippen molar-refractivity contribution in [2.45, 2.75) is 26.3 Å². The molecule has 1 rings (SSSR count). The second kappa shape index (κ2) is 7.56. The molecule has 1 aliphatic rings. The zero-order valence-electron chi connectivity index (χ0n) is 11.8. The highest BCUT2D eigenvalue weighted by Gasteiger charge is 2.25. The van der Waals surface area contributed by atoms with Crippen molar-refractivity contribution in [3.05, 3.63) is 0 Å². The summed E-state index contributed by atoms with van der Waals surface area (Å²) in [5, 5.41) is 11.3. The van der Waals surface area contributed by atoms with Crippen LogP contribution in [0, 0.1) is 0 Å². The Bertz CT molecular complexity index is 366. The lowest BCUT2D eigenvalue weighted by Crippen LogP contribution is -2.54. The molecule has 0 bridgehead atoms. The first-order valence-corrected chi connectivity index (χ1v) is 6.63. The fourth-order valence-corrected chi connectivity index (χ4v) is 1.92. The van der Waals surface area contributed by atoms with E-state index in [0.717, 1.165) is 0 Å². The lowest BCUT2D eigenvalue weighted by Gasteiger charge is -2.34. The van der Waals surface area contributed by atoms with Crippen LogP contribution in [0.25, 0.3) is 0 Å². The van der Waals surface area contributed by atoms with E-state index >= 15 is 0 Å². The highest BCUT2D eigenvalue weighted by molar-refractivity contribution is 5.76. The summed E-state index contributed by atoms with van der Waals surface area (Å²) in [5.41, 5.74) is 0. The van der Waals surface area contributed by atoms with Gasteiger partial charge in [-0.3, -0.25) is 4.79 Å². The minimum atomic E-state index is -0.954. The van der Waals surface area contributed by atoms with Crippen LogP contribution in [0.3, 0.4) is 0 Å². The molecule has 0 aromatic heterocycles. The van der Waals surface area contributed by atoms with Crippen LogP contribution in [0.15, 0.2) is 0 Å². The van der Waals surface area contributed by atoms with E-state index in [2.05, 4.69) is 5.32 Å². The molecule has 1 fully saturated rings. The van der Waals surface area contributed by atoms with Crippen molar-refractivity contribution >= 4 is 18.1 Å². The maximum Gasteiger partial charge on any atom is 0.409 e. The number of amides is 3. The third-order valence-corrected chi connectivity index (χ3v) is 2.94. The number of nitrogens with zero attached hydrogens (tertiary/aromatic N) is 2. The number of hydrogen-bond donors (Lipinski definition) is 2. The Labute approximate surface area is 117 Å². The lowest BCUT2D eigenvalue weighted by molar-refractivity contribution is -0.137. The zero-order chi connectivity index (χ0) is 15.1. The number of carboxylic acids is 1. The van der Waals surface area contributed by atoms with Crippen molar-refractivity contribution in [2.24, 2.45) is 0 Å². The predicted molar refractivity (Wildman–Crippen MR) is 70.4 cm³/mol. The van der Waals surface area contributed by atoms with Gasteiger partial charge in [0.25, 0.3) is 0 Å². The van der Waals surface area contributed by atoms with Crippen molar-refractivity contribution in [1.29, 1.82) is 0 Å². The second-order valence-electron chi connectivity index (χ2n) is 4.62. The van der Waals surface area contributed by atoms with E-state index in [1.807, 2.05) is 0 Å². The number of carboxylic acid groups (broad SMARTS) is 1. The van der Waals surface area contributed by atoms with Crippen LogP contribution in [0.1, 0.15) is 20.3 Å². The van der Waals surface area contributed by atoms with Crippen molar-refractivity contribution in [3.63, 3.8) is 0 Å². The molecule has 0 aromatic rings. The summed E-state index contributed by atoms with van der Waals surface area (Å²) in [6.07, 6.45) is -0.485. The molecule has 114 valence electrons. The Morgan fingerprint density at radius 3 is 2.25 bits per heavy atom. The number of hydrogen-bond acceptors (Lipinski definition) is 4. The molecule has 1 heterocycles. The first-order chi connectivity index (χ1) is 9.43. The fourth-order valence-electron chi connectivity index (χ4n) is 1.92. The van der Waals surface area contributed by atoms with E-state index in [1.54, 1.807) is 23.6 Å². The normalized spacial score (nSPS) is 16.5. The van der Waals surface area contributed by atoms with Gasteiger partial charge in [-0.25, -0.2) is 9.59 Å². The highest BCUT2D eigenvalue weighted by Crippen LogP contribution is 2.05. The number of urea groups is 1. The number of carbonyl (C=O) groups is 3. The molecule has 0 aromatic carbocycles. The molecular formula is C12H21N3O5. The molecule has 20 heavy (non-hydrogen) atoms. The quantitative estimate of drug-likeness (QED) is 0.776. The molecule has 0 spiro atoms. The SMILES string of the molecule is CCOC(=O)N1CCN(C(=O)NC(C)CC(=O)O)CC1. The smallest absolute Gasteiger partial charge is 0.409 e. The van der Waals surface area contributed by atoms with Gasteiger partial charge in [0, 0.05) is 32.2 Å². The summed E-state index contributed by atoms with van der Waals surface area (Å²) in [7, 11) is 0. The van der Waals surface area contributed by atoms with Gasteiger partial charge in [0.15, 0.2) is 0 Å². The van der Waals surface area contributed by atoms with E-state index in [-0.39, 0.29) is 18.5 Å². The first-order valence-electron chi connectivity index (χ1n) is 6.63. The number of aliphatic carboxylic acids is 1. The maximum atomic E-state index is 11.9. The molecular weight excluding hydrogens is 266 g/mol. The monoisotopic (exact) mass is 287 g/mol. The molecule has 8 heteroatoms. The Balaban J connectivity index is 2.35. The molecule has 8 nitrogen and oxygen atoms in total. The lowest BCUT2D eigenvalue weighted by atomic mass is 10.2. The summed E-state index contributed by atoms with van der Waals surface area (Å²) in [6.45, 7) is 5.35. The second-order valence-corrected chi connectivity index (χ2v) is 4.62. The van der Waals surface area contributed by atoms with Gasteiger partial charge in [0.1, 0.15) is 0 Å². The van der Waals surface area contributed by atoms with Gasteiger partial charge in [-0.05, 0) is 13.8 Å². The van der Waals surface area contributed by atoms with Gasteiger partial charge in [-0.15, -0.1) is 0 Å². The van der Waals surface area contributed by atoms with Crippen molar-refractivity contribution in [2.75, 3.05) is 32.8 Å². The van der Waals surface area contributed by atoms with Crippen LogP contribution in [0.5, 0.6) is 0 Å². The summed E-state index contributed by atoms with van der Waals surface area (Å²) in [6, 6.07) is -0.731. The van der Waals surface area contributed by atoms with Gasteiger partial charge in [0.05, 0.1) is 13.0 Å². The fraction of sp³-hybridized carbons (Fsp3) is 0.750. The molecule has 3 amide bonds. The standard InChI is InChI=1S/C12H21N3O5/c1-3-20-12(19)15-6-4-14(5-7-15)11(18)13-9(2)8-10(16)17/h9H,3-8H2,1-2H3,(H,13,18)(H,16,17). The van der Waals surface area contributed by atoms with E-state index in [1.165, 1.54) is 0 Å². The minimum absolute atomic E-state index is 0.117. The summed E-state index contributed by atoms with van der Waals surface area (Å²) >= 11 is 0. The highest BCUT2D eigenvalue weighted by atomic mass is 16.6. The Hall–Kier alpha value is -1.99. The van der Waals surface area contributed by atoms with E-state index in [9.17, 15) is 14.4 Å². The number of nitrogens with one attached hydrogen (secondary N) is 1. The molecule has 2 N–H and O–H groups in total. The van der Waals surface area contributed by atoms with Gasteiger partial charge in [-0.2, -0.15) is 0 Å². The molecule has 1 saturated heterocycles. The Kier molecular flexibility index (Phi) is 6.08. The van der Waals surface area contributed by atoms with Crippen LogP contribution < -0.4 is 5.32 Å². The molecule has 0 radical (unpaired) electrons. The Morgan fingerprint density at radius 1 is 1.20 bits per heavy atom. The van der Waals surface area contributed by atoms with Crippen LogP contribution in [0.4, 0.5) is 9.59 Å². The summed E-state index contributed by atoms with van der Waals surface area (Å²) < 4.78 is 4.89. The summed E-state index contributed by atoms with van der Waals surface area (Å²) in [5.74, 6) is -0.954. The van der Waals surface area contributed by atoms with Crippen molar-refractivity contribution in [3.8, 4) is 0 Å².